The summed E-state index contributed by atoms with van der Waals surface area (Å²) in [5, 5.41) is 3.37. The molecule has 0 aromatic carbocycles. The molecule has 84 valence electrons. The molecule has 1 aromatic heterocycles. The van der Waals surface area contributed by atoms with Gasteiger partial charge in [-0.25, -0.2) is 9.97 Å². The Hall–Kier alpha value is -1.00. The first-order valence-electron chi connectivity index (χ1n) is 5.39. The highest BCUT2D eigenvalue weighted by molar-refractivity contribution is 4.96. The van der Waals surface area contributed by atoms with Gasteiger partial charge < -0.3 is 10.2 Å². The van der Waals surface area contributed by atoms with E-state index in [4.69, 9.17) is 0 Å². The van der Waals surface area contributed by atoms with Crippen molar-refractivity contribution in [3.05, 3.63) is 24.3 Å². The molecule has 4 heteroatoms. The molecule has 0 amide bonds. The molecule has 0 fully saturated rings. The molecule has 4 nitrogen and oxygen atoms in total. The number of hydrogen-bond donors (Lipinski definition) is 1. The van der Waals surface area contributed by atoms with E-state index in [1.165, 1.54) is 12.8 Å². The molecule has 0 saturated carbocycles. The van der Waals surface area contributed by atoms with Crippen LogP contribution in [0.3, 0.4) is 0 Å². The van der Waals surface area contributed by atoms with E-state index in [0.29, 0.717) is 0 Å². The van der Waals surface area contributed by atoms with Crippen molar-refractivity contribution in [3.8, 4) is 0 Å². The smallest absolute Gasteiger partial charge is 0.115 e. The molecule has 0 atom stereocenters. The molecule has 0 aliphatic heterocycles. The van der Waals surface area contributed by atoms with Crippen molar-refractivity contribution in [2.45, 2.75) is 19.4 Å². The van der Waals surface area contributed by atoms with Crippen molar-refractivity contribution in [1.82, 2.24) is 20.2 Å². The fraction of sp³-hybridized carbons (Fsp3) is 0.636. The van der Waals surface area contributed by atoms with Gasteiger partial charge in [-0.05, 0) is 46.1 Å². The molecule has 0 spiro atoms. The van der Waals surface area contributed by atoms with E-state index in [1.807, 2.05) is 6.07 Å². The largest absolute Gasteiger partial charge is 0.311 e. The molecular formula is C11H20N4. The summed E-state index contributed by atoms with van der Waals surface area (Å²) in [7, 11) is 4.21. The van der Waals surface area contributed by atoms with Crippen molar-refractivity contribution in [2.75, 3.05) is 27.2 Å². The Bertz CT molecular complexity index is 248. The number of aromatic nitrogens is 2. The number of nitrogens with one attached hydrogen (secondary N) is 1. The summed E-state index contributed by atoms with van der Waals surface area (Å²) in [6.45, 7) is 3.05. The van der Waals surface area contributed by atoms with E-state index < -0.39 is 0 Å². The quantitative estimate of drug-likeness (QED) is 0.676. The van der Waals surface area contributed by atoms with Crippen LogP contribution in [0.4, 0.5) is 0 Å². The Balaban J connectivity index is 1.98. The van der Waals surface area contributed by atoms with Crippen LogP contribution in [0.15, 0.2) is 18.6 Å². The molecule has 0 unspecified atom stereocenters. The summed E-state index contributed by atoms with van der Waals surface area (Å²) < 4.78 is 0. The third-order valence-electron chi connectivity index (χ3n) is 2.16. The lowest BCUT2D eigenvalue weighted by Gasteiger charge is -2.09. The fourth-order valence-electron chi connectivity index (χ4n) is 1.32. The molecule has 0 bridgehead atoms. The van der Waals surface area contributed by atoms with Gasteiger partial charge in [0, 0.05) is 12.7 Å². The van der Waals surface area contributed by atoms with E-state index >= 15 is 0 Å². The van der Waals surface area contributed by atoms with Crippen LogP contribution in [-0.2, 0) is 6.54 Å². The van der Waals surface area contributed by atoms with Gasteiger partial charge >= 0.3 is 0 Å². The average molecular weight is 208 g/mol. The van der Waals surface area contributed by atoms with E-state index in [9.17, 15) is 0 Å². The lowest BCUT2D eigenvalue weighted by molar-refractivity contribution is 0.391. The SMILES string of the molecule is CN(C)CCCCNCc1ccncn1. The first kappa shape index (κ1) is 12.1. The zero-order chi connectivity index (χ0) is 10.9. The normalized spacial score (nSPS) is 10.9. The van der Waals surface area contributed by atoms with Gasteiger partial charge in [-0.1, -0.05) is 0 Å². The number of hydrogen-bond acceptors (Lipinski definition) is 4. The minimum atomic E-state index is 0.838. The van der Waals surface area contributed by atoms with Gasteiger partial charge in [0.25, 0.3) is 0 Å². The third kappa shape index (κ3) is 6.14. The minimum Gasteiger partial charge on any atom is -0.311 e. The van der Waals surface area contributed by atoms with E-state index in [0.717, 1.165) is 25.3 Å². The summed E-state index contributed by atoms with van der Waals surface area (Å²) in [5.41, 5.74) is 1.05. The topological polar surface area (TPSA) is 41.0 Å². The van der Waals surface area contributed by atoms with Gasteiger partial charge in [-0.15, -0.1) is 0 Å². The summed E-state index contributed by atoms with van der Waals surface area (Å²) in [6, 6.07) is 1.94. The van der Waals surface area contributed by atoms with E-state index in [2.05, 4.69) is 34.3 Å². The van der Waals surface area contributed by atoms with Crippen LogP contribution < -0.4 is 5.32 Å². The maximum absolute atomic E-state index is 4.14. The molecule has 1 heterocycles. The van der Waals surface area contributed by atoms with Crippen LogP contribution in [0, 0.1) is 0 Å². The lowest BCUT2D eigenvalue weighted by atomic mass is 10.3. The van der Waals surface area contributed by atoms with Crippen molar-refractivity contribution in [2.24, 2.45) is 0 Å². The minimum absolute atomic E-state index is 0.838. The second-order valence-electron chi connectivity index (χ2n) is 3.89. The maximum Gasteiger partial charge on any atom is 0.115 e. The third-order valence-corrected chi connectivity index (χ3v) is 2.16. The van der Waals surface area contributed by atoms with Gasteiger partial charge in [-0.3, -0.25) is 0 Å². The van der Waals surface area contributed by atoms with Crippen molar-refractivity contribution >= 4 is 0 Å². The van der Waals surface area contributed by atoms with Crippen LogP contribution in [0.5, 0.6) is 0 Å². The van der Waals surface area contributed by atoms with Crippen LogP contribution in [-0.4, -0.2) is 42.1 Å². The highest BCUT2D eigenvalue weighted by Crippen LogP contribution is 1.92. The van der Waals surface area contributed by atoms with Crippen LogP contribution in [0.2, 0.25) is 0 Å². The highest BCUT2D eigenvalue weighted by atomic mass is 15.0. The summed E-state index contributed by atoms with van der Waals surface area (Å²) in [6.07, 6.45) is 5.81. The molecular weight excluding hydrogens is 188 g/mol. The lowest BCUT2D eigenvalue weighted by Crippen LogP contribution is -2.18. The van der Waals surface area contributed by atoms with Crippen molar-refractivity contribution in [1.29, 1.82) is 0 Å². The molecule has 1 N–H and O–H groups in total. The zero-order valence-electron chi connectivity index (χ0n) is 9.61. The number of unbranched alkanes of at least 4 members (excludes halogenated alkanes) is 1. The zero-order valence-corrected chi connectivity index (χ0v) is 9.61. The Labute approximate surface area is 91.7 Å². The predicted molar refractivity (Wildman–Crippen MR) is 61.5 cm³/mol. The fourth-order valence-corrected chi connectivity index (χ4v) is 1.32. The van der Waals surface area contributed by atoms with Gasteiger partial charge in [0.15, 0.2) is 0 Å². The monoisotopic (exact) mass is 208 g/mol. The molecule has 0 aliphatic carbocycles. The Kier molecular flexibility index (Phi) is 5.88. The van der Waals surface area contributed by atoms with E-state index in [1.54, 1.807) is 12.5 Å². The van der Waals surface area contributed by atoms with Crippen molar-refractivity contribution in [3.63, 3.8) is 0 Å². The van der Waals surface area contributed by atoms with Gasteiger partial charge in [0.2, 0.25) is 0 Å². The first-order chi connectivity index (χ1) is 7.29. The maximum atomic E-state index is 4.14. The van der Waals surface area contributed by atoms with Gasteiger partial charge in [-0.2, -0.15) is 0 Å². The van der Waals surface area contributed by atoms with Gasteiger partial charge in [0.05, 0.1) is 5.69 Å². The molecule has 1 rings (SSSR count). The highest BCUT2D eigenvalue weighted by Gasteiger charge is 1.93. The Morgan fingerprint density at radius 3 is 2.87 bits per heavy atom. The summed E-state index contributed by atoms with van der Waals surface area (Å²) >= 11 is 0. The van der Waals surface area contributed by atoms with Crippen LogP contribution >= 0.6 is 0 Å². The van der Waals surface area contributed by atoms with Gasteiger partial charge in [0.1, 0.15) is 6.33 Å². The average Bonchev–Trinajstić information content (AvgIpc) is 2.24. The first-order valence-corrected chi connectivity index (χ1v) is 5.39. The number of nitrogens with zero attached hydrogens (tertiary/aromatic N) is 3. The van der Waals surface area contributed by atoms with Crippen LogP contribution in [0.1, 0.15) is 18.5 Å². The standard InChI is InChI=1S/C11H20N4/c1-15(2)8-4-3-6-12-9-11-5-7-13-10-14-11/h5,7,10,12H,3-4,6,8-9H2,1-2H3. The molecule has 0 saturated heterocycles. The van der Waals surface area contributed by atoms with E-state index in [-0.39, 0.29) is 0 Å². The van der Waals surface area contributed by atoms with Crippen molar-refractivity contribution < 1.29 is 0 Å². The second kappa shape index (κ2) is 7.31. The summed E-state index contributed by atoms with van der Waals surface area (Å²) in [4.78, 5) is 10.2. The predicted octanol–water partition coefficient (Wildman–Crippen LogP) is 0.908. The Morgan fingerprint density at radius 2 is 2.20 bits per heavy atom. The molecule has 15 heavy (non-hydrogen) atoms. The second-order valence-corrected chi connectivity index (χ2v) is 3.89. The Morgan fingerprint density at radius 1 is 1.33 bits per heavy atom. The molecule has 0 radical (unpaired) electrons. The van der Waals surface area contributed by atoms with Crippen LogP contribution in [0.25, 0.3) is 0 Å². The number of rotatable bonds is 7. The molecule has 1 aromatic rings. The summed E-state index contributed by atoms with van der Waals surface area (Å²) in [5.74, 6) is 0. The molecule has 0 aliphatic rings.